The van der Waals surface area contributed by atoms with Gasteiger partial charge >= 0.3 is 0 Å². The minimum absolute atomic E-state index is 0.131. The molecule has 0 radical (unpaired) electrons. The van der Waals surface area contributed by atoms with E-state index >= 15 is 0 Å². The van der Waals surface area contributed by atoms with Crippen LogP contribution in [0.1, 0.15) is 43.1 Å². The molecule has 3 rings (SSSR count). The van der Waals surface area contributed by atoms with Gasteiger partial charge in [-0.2, -0.15) is 0 Å². The molecule has 1 saturated carbocycles. The van der Waals surface area contributed by atoms with Crippen molar-refractivity contribution in [3.8, 4) is 0 Å². The van der Waals surface area contributed by atoms with Gasteiger partial charge in [-0.15, -0.1) is 0 Å². The lowest BCUT2D eigenvalue weighted by Crippen LogP contribution is -2.38. The lowest BCUT2D eigenvalue weighted by Gasteiger charge is -2.26. The van der Waals surface area contributed by atoms with Gasteiger partial charge in [0.25, 0.3) is 5.91 Å². The largest absolute Gasteiger partial charge is 0.348 e. The van der Waals surface area contributed by atoms with Crippen molar-refractivity contribution in [2.45, 2.75) is 38.6 Å². The molecule has 4 nitrogen and oxygen atoms in total. The van der Waals surface area contributed by atoms with E-state index in [9.17, 15) is 4.79 Å². The number of nitrogens with one attached hydrogen (secondary N) is 1. The molecule has 0 spiro atoms. The SMILES string of the molecule is CC1CCC(NC(=O)c2c(Cl)nc3ccccn23)CC1. The molecule has 0 saturated heterocycles. The number of rotatable bonds is 2. The number of pyridine rings is 1. The van der Waals surface area contributed by atoms with Crippen LogP contribution in [0.2, 0.25) is 5.15 Å². The Morgan fingerprint density at radius 2 is 2.10 bits per heavy atom. The summed E-state index contributed by atoms with van der Waals surface area (Å²) in [7, 11) is 0. The summed E-state index contributed by atoms with van der Waals surface area (Å²) in [5, 5.41) is 3.35. The number of aromatic nitrogens is 2. The van der Waals surface area contributed by atoms with Crippen molar-refractivity contribution in [1.82, 2.24) is 14.7 Å². The third kappa shape index (κ3) is 2.52. The molecule has 0 aromatic carbocycles. The number of carbonyl (C=O) groups is 1. The predicted octanol–water partition coefficient (Wildman–Crippen LogP) is 3.30. The second-order valence-corrected chi connectivity index (χ2v) is 5.97. The second-order valence-electron chi connectivity index (χ2n) is 5.61. The van der Waals surface area contributed by atoms with Crippen LogP contribution >= 0.6 is 11.6 Å². The van der Waals surface area contributed by atoms with Crippen LogP contribution in [0.5, 0.6) is 0 Å². The standard InChI is InChI=1S/C15H18ClN3O/c1-10-5-7-11(8-6-10)17-15(20)13-14(16)18-12-4-2-3-9-19(12)13/h2-4,9-11H,5-8H2,1H3,(H,17,20). The summed E-state index contributed by atoms with van der Waals surface area (Å²) >= 11 is 6.11. The van der Waals surface area contributed by atoms with Gasteiger partial charge in [0.1, 0.15) is 5.65 Å². The van der Waals surface area contributed by atoms with Crippen molar-refractivity contribution in [3.05, 3.63) is 35.2 Å². The van der Waals surface area contributed by atoms with Crippen LogP contribution in [-0.2, 0) is 0 Å². The van der Waals surface area contributed by atoms with Crippen molar-refractivity contribution in [3.63, 3.8) is 0 Å². The van der Waals surface area contributed by atoms with Crippen LogP contribution in [0.25, 0.3) is 5.65 Å². The summed E-state index contributed by atoms with van der Waals surface area (Å²) in [4.78, 5) is 16.6. The van der Waals surface area contributed by atoms with Gasteiger partial charge in [0.2, 0.25) is 0 Å². The van der Waals surface area contributed by atoms with Crippen LogP contribution in [-0.4, -0.2) is 21.3 Å². The van der Waals surface area contributed by atoms with Gasteiger partial charge < -0.3 is 5.32 Å². The average Bonchev–Trinajstić information content (AvgIpc) is 2.77. The summed E-state index contributed by atoms with van der Waals surface area (Å²) in [5.74, 6) is 0.635. The molecule has 1 fully saturated rings. The lowest BCUT2D eigenvalue weighted by molar-refractivity contribution is 0.0917. The molecule has 2 aromatic heterocycles. The Morgan fingerprint density at radius 3 is 2.85 bits per heavy atom. The third-order valence-corrected chi connectivity index (χ3v) is 4.32. The monoisotopic (exact) mass is 291 g/mol. The van der Waals surface area contributed by atoms with Gasteiger partial charge in [-0.05, 0) is 43.7 Å². The highest BCUT2D eigenvalue weighted by Gasteiger charge is 2.23. The quantitative estimate of drug-likeness (QED) is 0.923. The zero-order valence-corrected chi connectivity index (χ0v) is 12.2. The average molecular weight is 292 g/mol. The maximum absolute atomic E-state index is 12.4. The fraction of sp³-hybridized carbons (Fsp3) is 0.467. The molecule has 20 heavy (non-hydrogen) atoms. The van der Waals surface area contributed by atoms with E-state index in [-0.39, 0.29) is 17.1 Å². The maximum atomic E-state index is 12.4. The van der Waals surface area contributed by atoms with E-state index in [1.807, 2.05) is 24.4 Å². The third-order valence-electron chi connectivity index (χ3n) is 4.05. The molecule has 2 aromatic rings. The number of amides is 1. The number of halogens is 1. The van der Waals surface area contributed by atoms with Gasteiger partial charge in [0.15, 0.2) is 10.8 Å². The van der Waals surface area contributed by atoms with E-state index < -0.39 is 0 Å². The van der Waals surface area contributed by atoms with E-state index in [0.717, 1.165) is 18.8 Å². The first-order valence-corrected chi connectivity index (χ1v) is 7.46. The highest BCUT2D eigenvalue weighted by Crippen LogP contribution is 2.24. The fourth-order valence-corrected chi connectivity index (χ4v) is 3.09. The number of carbonyl (C=O) groups excluding carboxylic acids is 1. The molecular formula is C15H18ClN3O. The van der Waals surface area contributed by atoms with Crippen molar-refractivity contribution in [2.75, 3.05) is 0 Å². The molecule has 106 valence electrons. The first kappa shape index (κ1) is 13.4. The molecule has 0 aliphatic heterocycles. The van der Waals surface area contributed by atoms with Crippen molar-refractivity contribution in [2.24, 2.45) is 5.92 Å². The Balaban J connectivity index is 1.80. The number of nitrogens with zero attached hydrogens (tertiary/aromatic N) is 2. The van der Waals surface area contributed by atoms with Crippen LogP contribution in [0.15, 0.2) is 24.4 Å². The first-order chi connectivity index (χ1) is 9.65. The molecule has 1 N–H and O–H groups in total. The Labute approximate surface area is 123 Å². The summed E-state index contributed by atoms with van der Waals surface area (Å²) in [5.41, 5.74) is 1.13. The smallest absolute Gasteiger partial charge is 0.271 e. The Morgan fingerprint density at radius 1 is 1.35 bits per heavy atom. The van der Waals surface area contributed by atoms with E-state index in [0.29, 0.717) is 11.3 Å². The highest BCUT2D eigenvalue weighted by atomic mass is 35.5. The van der Waals surface area contributed by atoms with Gasteiger partial charge in [-0.1, -0.05) is 24.6 Å². The summed E-state index contributed by atoms with van der Waals surface area (Å²) in [6.07, 6.45) is 6.24. The van der Waals surface area contributed by atoms with E-state index in [2.05, 4.69) is 17.2 Å². The normalized spacial score (nSPS) is 22.9. The molecule has 1 aliphatic rings. The summed E-state index contributed by atoms with van der Waals surface area (Å²) in [6, 6.07) is 5.83. The Hall–Kier alpha value is -1.55. The molecule has 0 bridgehead atoms. The minimum Gasteiger partial charge on any atom is -0.348 e. The predicted molar refractivity (Wildman–Crippen MR) is 79.1 cm³/mol. The van der Waals surface area contributed by atoms with Gasteiger partial charge in [0.05, 0.1) is 0 Å². The van der Waals surface area contributed by atoms with Gasteiger partial charge in [-0.25, -0.2) is 4.98 Å². The molecule has 1 amide bonds. The zero-order valence-electron chi connectivity index (χ0n) is 11.5. The highest BCUT2D eigenvalue weighted by molar-refractivity contribution is 6.32. The van der Waals surface area contributed by atoms with Crippen LogP contribution in [0.4, 0.5) is 0 Å². The minimum atomic E-state index is -0.131. The van der Waals surface area contributed by atoms with E-state index in [4.69, 9.17) is 11.6 Å². The van der Waals surface area contributed by atoms with Crippen LogP contribution in [0, 0.1) is 5.92 Å². The van der Waals surface area contributed by atoms with Crippen molar-refractivity contribution >= 4 is 23.2 Å². The maximum Gasteiger partial charge on any atom is 0.271 e. The molecular weight excluding hydrogens is 274 g/mol. The number of fused-ring (bicyclic) bond motifs is 1. The van der Waals surface area contributed by atoms with Crippen molar-refractivity contribution in [1.29, 1.82) is 0 Å². The van der Waals surface area contributed by atoms with E-state index in [1.165, 1.54) is 12.8 Å². The van der Waals surface area contributed by atoms with Crippen LogP contribution in [0.3, 0.4) is 0 Å². The van der Waals surface area contributed by atoms with Crippen molar-refractivity contribution < 1.29 is 4.79 Å². The molecule has 5 heteroatoms. The Kier molecular flexibility index (Phi) is 3.66. The number of imidazole rings is 1. The van der Waals surface area contributed by atoms with Crippen LogP contribution < -0.4 is 5.32 Å². The fourth-order valence-electron chi connectivity index (χ4n) is 2.83. The summed E-state index contributed by atoms with van der Waals surface area (Å²) in [6.45, 7) is 2.26. The van der Waals surface area contributed by atoms with Gasteiger partial charge in [0, 0.05) is 12.2 Å². The topological polar surface area (TPSA) is 46.4 Å². The summed E-state index contributed by atoms with van der Waals surface area (Å²) < 4.78 is 1.74. The number of hydrogen-bond acceptors (Lipinski definition) is 2. The second kappa shape index (κ2) is 5.44. The first-order valence-electron chi connectivity index (χ1n) is 7.08. The van der Waals surface area contributed by atoms with Gasteiger partial charge in [-0.3, -0.25) is 9.20 Å². The van der Waals surface area contributed by atoms with E-state index in [1.54, 1.807) is 4.40 Å². The number of hydrogen-bond donors (Lipinski definition) is 1. The molecule has 2 heterocycles. The molecule has 1 aliphatic carbocycles. The molecule has 0 unspecified atom stereocenters. The Bertz CT molecular complexity index is 629. The molecule has 0 atom stereocenters. The lowest BCUT2D eigenvalue weighted by atomic mass is 9.87. The zero-order chi connectivity index (χ0) is 14.1.